The zero-order valence-corrected chi connectivity index (χ0v) is 11.2. The van der Waals surface area contributed by atoms with Crippen LogP contribution >= 0.6 is 0 Å². The van der Waals surface area contributed by atoms with Crippen LogP contribution in [-0.4, -0.2) is 47.9 Å². The van der Waals surface area contributed by atoms with Crippen molar-refractivity contribution < 1.29 is 4.79 Å². The van der Waals surface area contributed by atoms with E-state index >= 15 is 0 Å². The van der Waals surface area contributed by atoms with Gasteiger partial charge in [-0.05, 0) is 38.0 Å². The van der Waals surface area contributed by atoms with Crippen molar-refractivity contribution in [2.75, 3.05) is 26.2 Å². The number of carbonyl (C=O) groups is 1. The summed E-state index contributed by atoms with van der Waals surface area (Å²) in [6.07, 6.45) is 7.92. The van der Waals surface area contributed by atoms with Crippen LogP contribution in [0.1, 0.15) is 32.1 Å². The molecule has 100 valence electrons. The molecule has 3 aliphatic heterocycles. The molecule has 1 amide bonds. The first kappa shape index (κ1) is 12.2. The van der Waals surface area contributed by atoms with Gasteiger partial charge in [0.05, 0.1) is 5.92 Å². The summed E-state index contributed by atoms with van der Waals surface area (Å²) in [7, 11) is 0. The molecule has 3 heterocycles. The SMILES string of the molecule is C=CCCN1C[C@H]2C[C@H](C1)[C@H]1CCCCN1C2=O. The van der Waals surface area contributed by atoms with E-state index in [1.54, 1.807) is 0 Å². The third-order valence-corrected chi connectivity index (χ3v) is 4.93. The zero-order valence-electron chi connectivity index (χ0n) is 11.2. The van der Waals surface area contributed by atoms with Crippen LogP contribution in [0.15, 0.2) is 12.7 Å². The van der Waals surface area contributed by atoms with Crippen molar-refractivity contribution in [3.05, 3.63) is 12.7 Å². The van der Waals surface area contributed by atoms with Crippen LogP contribution in [-0.2, 0) is 4.79 Å². The van der Waals surface area contributed by atoms with E-state index in [1.807, 2.05) is 6.08 Å². The molecule has 3 heteroatoms. The first-order valence-electron chi connectivity index (χ1n) is 7.43. The molecule has 3 atom stereocenters. The third kappa shape index (κ3) is 2.09. The molecular formula is C15H24N2O. The summed E-state index contributed by atoms with van der Waals surface area (Å²) >= 11 is 0. The van der Waals surface area contributed by atoms with E-state index in [4.69, 9.17) is 0 Å². The van der Waals surface area contributed by atoms with Gasteiger partial charge in [0.15, 0.2) is 0 Å². The van der Waals surface area contributed by atoms with Crippen molar-refractivity contribution in [1.29, 1.82) is 0 Å². The van der Waals surface area contributed by atoms with Gasteiger partial charge in [-0.3, -0.25) is 4.79 Å². The Morgan fingerprint density at radius 1 is 1.33 bits per heavy atom. The smallest absolute Gasteiger partial charge is 0.227 e. The lowest BCUT2D eigenvalue weighted by Gasteiger charge is -2.52. The molecule has 3 nitrogen and oxygen atoms in total. The molecule has 0 radical (unpaired) electrons. The average Bonchev–Trinajstić information content (AvgIpc) is 2.43. The molecule has 3 fully saturated rings. The quantitative estimate of drug-likeness (QED) is 0.712. The highest BCUT2D eigenvalue weighted by Gasteiger charge is 2.45. The fourth-order valence-corrected chi connectivity index (χ4v) is 4.10. The average molecular weight is 248 g/mol. The van der Waals surface area contributed by atoms with Gasteiger partial charge in [0, 0.05) is 32.2 Å². The normalized spacial score (nSPS) is 36.3. The molecule has 3 rings (SSSR count). The number of rotatable bonds is 3. The highest BCUT2D eigenvalue weighted by atomic mass is 16.2. The summed E-state index contributed by atoms with van der Waals surface area (Å²) < 4.78 is 0. The molecule has 0 N–H and O–H groups in total. The fourth-order valence-electron chi connectivity index (χ4n) is 4.10. The minimum atomic E-state index is 0.280. The summed E-state index contributed by atoms with van der Waals surface area (Å²) in [5, 5.41) is 0. The predicted molar refractivity (Wildman–Crippen MR) is 72.2 cm³/mol. The second kappa shape index (κ2) is 5.04. The largest absolute Gasteiger partial charge is 0.339 e. The second-order valence-electron chi connectivity index (χ2n) is 6.12. The molecule has 0 aromatic carbocycles. The van der Waals surface area contributed by atoms with E-state index in [-0.39, 0.29) is 5.92 Å². The van der Waals surface area contributed by atoms with Gasteiger partial charge in [-0.25, -0.2) is 0 Å². The molecule has 0 aliphatic carbocycles. The van der Waals surface area contributed by atoms with Crippen molar-refractivity contribution >= 4 is 5.91 Å². The lowest BCUT2D eigenvalue weighted by Crippen LogP contribution is -2.61. The van der Waals surface area contributed by atoms with Gasteiger partial charge in [-0.1, -0.05) is 6.08 Å². The summed E-state index contributed by atoms with van der Waals surface area (Å²) in [6, 6.07) is 0.550. The maximum absolute atomic E-state index is 12.5. The summed E-state index contributed by atoms with van der Waals surface area (Å²) in [6.45, 7) is 8.06. The van der Waals surface area contributed by atoms with Crippen molar-refractivity contribution in [3.63, 3.8) is 0 Å². The van der Waals surface area contributed by atoms with E-state index in [9.17, 15) is 4.79 Å². The van der Waals surface area contributed by atoms with E-state index in [1.165, 1.54) is 25.8 Å². The number of nitrogens with zero attached hydrogens (tertiary/aromatic N) is 2. The molecule has 2 bridgehead atoms. The van der Waals surface area contributed by atoms with E-state index in [0.29, 0.717) is 11.9 Å². The number of fused-ring (bicyclic) bond motifs is 4. The molecule has 0 saturated carbocycles. The summed E-state index contributed by atoms with van der Waals surface area (Å²) in [4.78, 5) is 17.2. The van der Waals surface area contributed by atoms with Gasteiger partial charge in [-0.2, -0.15) is 0 Å². The van der Waals surface area contributed by atoms with E-state index < -0.39 is 0 Å². The maximum atomic E-state index is 12.5. The predicted octanol–water partition coefficient (Wildman–Crippen LogP) is 1.90. The van der Waals surface area contributed by atoms with Crippen LogP contribution < -0.4 is 0 Å². The second-order valence-corrected chi connectivity index (χ2v) is 6.12. The monoisotopic (exact) mass is 248 g/mol. The van der Waals surface area contributed by atoms with Crippen LogP contribution in [0.4, 0.5) is 0 Å². The molecule has 0 spiro atoms. The van der Waals surface area contributed by atoms with E-state index in [0.717, 1.165) is 38.4 Å². The van der Waals surface area contributed by atoms with E-state index in [2.05, 4.69) is 16.4 Å². The van der Waals surface area contributed by atoms with Gasteiger partial charge in [0.1, 0.15) is 0 Å². The number of carbonyl (C=O) groups excluding carboxylic acids is 1. The standard InChI is InChI=1S/C15H24N2O/c1-2-3-7-16-10-12-9-13(11-16)15(18)17-8-5-4-6-14(12)17/h2,12-14H,1,3-11H2/t12-,13-,14-/m1/s1. The minimum absolute atomic E-state index is 0.280. The van der Waals surface area contributed by atoms with Gasteiger partial charge in [-0.15, -0.1) is 6.58 Å². The molecular weight excluding hydrogens is 224 g/mol. The summed E-state index contributed by atoms with van der Waals surface area (Å²) in [5.41, 5.74) is 0. The van der Waals surface area contributed by atoms with Gasteiger partial charge < -0.3 is 9.80 Å². The number of likely N-dealkylation sites (tertiary alicyclic amines) is 1. The number of amides is 1. The highest BCUT2D eigenvalue weighted by Crippen LogP contribution is 2.38. The van der Waals surface area contributed by atoms with Gasteiger partial charge in [0.25, 0.3) is 0 Å². The molecule has 18 heavy (non-hydrogen) atoms. The highest BCUT2D eigenvalue weighted by molar-refractivity contribution is 5.80. The Balaban J connectivity index is 1.72. The van der Waals surface area contributed by atoms with Crippen LogP contribution in [0.5, 0.6) is 0 Å². The topological polar surface area (TPSA) is 23.6 Å². The van der Waals surface area contributed by atoms with Crippen molar-refractivity contribution in [1.82, 2.24) is 9.80 Å². The van der Waals surface area contributed by atoms with Gasteiger partial charge >= 0.3 is 0 Å². The van der Waals surface area contributed by atoms with Gasteiger partial charge in [0.2, 0.25) is 5.91 Å². The van der Waals surface area contributed by atoms with Crippen LogP contribution in [0, 0.1) is 11.8 Å². The lowest BCUT2D eigenvalue weighted by molar-refractivity contribution is -0.152. The van der Waals surface area contributed by atoms with Crippen molar-refractivity contribution in [3.8, 4) is 0 Å². The number of hydrogen-bond donors (Lipinski definition) is 0. The molecule has 0 aromatic heterocycles. The number of piperidine rings is 3. The fraction of sp³-hybridized carbons (Fsp3) is 0.800. The van der Waals surface area contributed by atoms with Crippen LogP contribution in [0.3, 0.4) is 0 Å². The zero-order chi connectivity index (χ0) is 12.5. The lowest BCUT2D eigenvalue weighted by atomic mass is 9.75. The number of hydrogen-bond acceptors (Lipinski definition) is 2. The van der Waals surface area contributed by atoms with Crippen LogP contribution in [0.2, 0.25) is 0 Å². The van der Waals surface area contributed by atoms with Crippen LogP contribution in [0.25, 0.3) is 0 Å². The Kier molecular flexibility index (Phi) is 3.42. The molecule has 0 aromatic rings. The third-order valence-electron chi connectivity index (χ3n) is 4.93. The van der Waals surface area contributed by atoms with Crippen molar-refractivity contribution in [2.24, 2.45) is 11.8 Å². The molecule has 0 unspecified atom stereocenters. The minimum Gasteiger partial charge on any atom is -0.339 e. The first-order valence-corrected chi connectivity index (χ1v) is 7.43. The molecule has 3 saturated heterocycles. The molecule has 3 aliphatic rings. The summed E-state index contributed by atoms with van der Waals surface area (Å²) in [5.74, 6) is 1.45. The Labute approximate surface area is 110 Å². The Morgan fingerprint density at radius 3 is 3.06 bits per heavy atom. The Hall–Kier alpha value is -0.830. The first-order chi connectivity index (χ1) is 8.79. The Morgan fingerprint density at radius 2 is 2.22 bits per heavy atom. The Bertz CT molecular complexity index is 341. The van der Waals surface area contributed by atoms with Crippen molar-refractivity contribution in [2.45, 2.75) is 38.1 Å². The maximum Gasteiger partial charge on any atom is 0.227 e.